The number of aryl methyl sites for hydroxylation is 1. The fourth-order valence-corrected chi connectivity index (χ4v) is 5.09. The molecule has 2 saturated heterocycles. The first kappa shape index (κ1) is 21.4. The third-order valence-electron chi connectivity index (χ3n) is 6.81. The van der Waals surface area contributed by atoms with Crippen molar-refractivity contribution in [3.8, 4) is 0 Å². The fourth-order valence-electron chi connectivity index (χ4n) is 5.09. The van der Waals surface area contributed by atoms with E-state index in [0.29, 0.717) is 12.1 Å². The van der Waals surface area contributed by atoms with Crippen LogP contribution >= 0.6 is 0 Å². The van der Waals surface area contributed by atoms with Crippen molar-refractivity contribution in [2.45, 2.75) is 45.1 Å². The number of anilines is 2. The fraction of sp³-hybridized carbons (Fsp3) is 0.440. The van der Waals surface area contributed by atoms with Crippen LogP contribution in [-0.4, -0.2) is 57.8 Å². The summed E-state index contributed by atoms with van der Waals surface area (Å²) in [6.45, 7) is 4.81. The summed E-state index contributed by atoms with van der Waals surface area (Å²) in [6, 6.07) is 9.34. The molecule has 0 radical (unpaired) electrons. The topological polar surface area (TPSA) is 89.6 Å². The molecule has 1 atom stereocenters. The molecule has 0 bridgehead atoms. The molecular formula is C25H31N7O. The third-order valence-corrected chi connectivity index (χ3v) is 6.81. The first-order valence-corrected chi connectivity index (χ1v) is 11.9. The average molecular weight is 446 g/mol. The summed E-state index contributed by atoms with van der Waals surface area (Å²) < 4.78 is 1.84. The van der Waals surface area contributed by atoms with Crippen LogP contribution in [0.5, 0.6) is 0 Å². The predicted molar refractivity (Wildman–Crippen MR) is 130 cm³/mol. The zero-order valence-corrected chi connectivity index (χ0v) is 19.3. The SMILES string of the molecule is CNc1ccccc1C(=N)C(=O)N1CCCC[C@H]1c1cc2nc(N3CCCC3)c(C)cn2n1. The molecule has 1 amide bonds. The number of likely N-dealkylation sites (tertiary alicyclic amines) is 1. The summed E-state index contributed by atoms with van der Waals surface area (Å²) in [7, 11) is 1.81. The van der Waals surface area contributed by atoms with Crippen LogP contribution in [0, 0.1) is 12.3 Å². The molecule has 0 unspecified atom stereocenters. The molecule has 8 nitrogen and oxygen atoms in total. The quantitative estimate of drug-likeness (QED) is 0.583. The van der Waals surface area contributed by atoms with Gasteiger partial charge in [-0.1, -0.05) is 18.2 Å². The second-order valence-electron chi connectivity index (χ2n) is 8.99. The molecule has 33 heavy (non-hydrogen) atoms. The maximum atomic E-state index is 13.5. The van der Waals surface area contributed by atoms with Crippen LogP contribution in [0.1, 0.15) is 55.0 Å². The van der Waals surface area contributed by atoms with E-state index in [1.165, 1.54) is 12.8 Å². The number of aromatic nitrogens is 3. The van der Waals surface area contributed by atoms with Crippen LogP contribution in [0.2, 0.25) is 0 Å². The lowest BCUT2D eigenvalue weighted by molar-refractivity contribution is -0.127. The highest BCUT2D eigenvalue weighted by Gasteiger charge is 2.33. The largest absolute Gasteiger partial charge is 0.388 e. The minimum Gasteiger partial charge on any atom is -0.388 e. The van der Waals surface area contributed by atoms with Gasteiger partial charge < -0.3 is 15.1 Å². The molecule has 4 heterocycles. The van der Waals surface area contributed by atoms with Crippen LogP contribution in [-0.2, 0) is 4.79 Å². The van der Waals surface area contributed by atoms with Crippen molar-refractivity contribution in [1.82, 2.24) is 19.5 Å². The molecule has 2 fully saturated rings. The zero-order valence-electron chi connectivity index (χ0n) is 19.3. The van der Waals surface area contributed by atoms with Gasteiger partial charge in [-0.3, -0.25) is 10.2 Å². The number of nitrogens with zero attached hydrogens (tertiary/aromatic N) is 5. The maximum absolute atomic E-state index is 13.5. The van der Waals surface area contributed by atoms with Crippen molar-refractivity contribution in [1.29, 1.82) is 5.41 Å². The van der Waals surface area contributed by atoms with Gasteiger partial charge in [-0.2, -0.15) is 5.10 Å². The van der Waals surface area contributed by atoms with E-state index in [9.17, 15) is 4.79 Å². The van der Waals surface area contributed by atoms with Gasteiger partial charge in [0.25, 0.3) is 5.91 Å². The highest BCUT2D eigenvalue weighted by atomic mass is 16.2. The number of carbonyl (C=O) groups is 1. The number of benzene rings is 1. The minimum absolute atomic E-state index is 0.0147. The predicted octanol–water partition coefficient (Wildman–Crippen LogP) is 3.80. The van der Waals surface area contributed by atoms with Crippen molar-refractivity contribution in [2.75, 3.05) is 36.9 Å². The van der Waals surface area contributed by atoms with Gasteiger partial charge in [0.2, 0.25) is 0 Å². The third kappa shape index (κ3) is 3.94. The molecular weight excluding hydrogens is 414 g/mol. The number of para-hydroxylation sites is 1. The zero-order chi connectivity index (χ0) is 22.9. The summed E-state index contributed by atoms with van der Waals surface area (Å²) in [4.78, 5) is 22.6. The van der Waals surface area contributed by atoms with E-state index in [-0.39, 0.29) is 17.7 Å². The summed E-state index contributed by atoms with van der Waals surface area (Å²) >= 11 is 0. The lowest BCUT2D eigenvalue weighted by Crippen LogP contribution is -2.42. The Morgan fingerprint density at radius 1 is 1.12 bits per heavy atom. The second-order valence-corrected chi connectivity index (χ2v) is 8.99. The van der Waals surface area contributed by atoms with Gasteiger partial charge in [-0.05, 0) is 45.1 Å². The highest BCUT2D eigenvalue weighted by molar-refractivity contribution is 6.45. The smallest absolute Gasteiger partial charge is 0.273 e. The summed E-state index contributed by atoms with van der Waals surface area (Å²) in [5, 5.41) is 16.6. The number of fused-ring (bicyclic) bond motifs is 1. The van der Waals surface area contributed by atoms with E-state index in [2.05, 4.69) is 17.1 Å². The van der Waals surface area contributed by atoms with Crippen molar-refractivity contribution >= 4 is 28.8 Å². The van der Waals surface area contributed by atoms with E-state index in [1.807, 2.05) is 53.0 Å². The van der Waals surface area contributed by atoms with Gasteiger partial charge in [0.15, 0.2) is 5.65 Å². The maximum Gasteiger partial charge on any atom is 0.273 e. The average Bonchev–Trinajstić information content (AvgIpc) is 3.52. The molecule has 3 aromatic rings. The molecule has 1 aromatic carbocycles. The van der Waals surface area contributed by atoms with Gasteiger partial charge in [0.1, 0.15) is 11.5 Å². The number of hydrogen-bond acceptors (Lipinski definition) is 6. The van der Waals surface area contributed by atoms with Gasteiger partial charge in [0, 0.05) is 55.8 Å². The van der Waals surface area contributed by atoms with Crippen LogP contribution in [0.15, 0.2) is 36.5 Å². The van der Waals surface area contributed by atoms with Gasteiger partial charge >= 0.3 is 0 Å². The molecule has 5 rings (SSSR count). The Labute approximate surface area is 194 Å². The number of amides is 1. The van der Waals surface area contributed by atoms with Crippen molar-refractivity contribution in [3.63, 3.8) is 0 Å². The normalized spacial score (nSPS) is 18.7. The van der Waals surface area contributed by atoms with Crippen LogP contribution in [0.4, 0.5) is 11.5 Å². The number of hydrogen-bond donors (Lipinski definition) is 2. The van der Waals surface area contributed by atoms with Crippen LogP contribution in [0.25, 0.3) is 5.65 Å². The minimum atomic E-state index is -0.249. The van der Waals surface area contributed by atoms with E-state index in [4.69, 9.17) is 15.5 Å². The summed E-state index contributed by atoms with van der Waals surface area (Å²) in [6.07, 6.45) is 7.27. The number of rotatable bonds is 5. The van der Waals surface area contributed by atoms with E-state index >= 15 is 0 Å². The molecule has 2 aliphatic heterocycles. The lowest BCUT2D eigenvalue weighted by atomic mass is 9.97. The van der Waals surface area contributed by atoms with Gasteiger partial charge in [0.05, 0.1) is 11.7 Å². The first-order chi connectivity index (χ1) is 16.1. The monoisotopic (exact) mass is 445 g/mol. The molecule has 2 N–H and O–H groups in total. The molecule has 2 aromatic heterocycles. The molecule has 0 spiro atoms. The Morgan fingerprint density at radius 3 is 2.67 bits per heavy atom. The number of carbonyl (C=O) groups excluding carboxylic acids is 1. The standard InChI is InChI=1S/C25H31N7O/c1-17-16-32-22(28-24(17)30-12-7-8-13-30)15-20(29-32)21-11-5-6-14-31(21)25(33)23(26)18-9-3-4-10-19(18)27-2/h3-4,9-10,15-16,21,26-27H,5-8,11-14H2,1-2H3/t21-/m0/s1. The second kappa shape index (κ2) is 8.84. The summed E-state index contributed by atoms with van der Waals surface area (Å²) in [5.74, 6) is 0.787. The Balaban J connectivity index is 1.45. The molecule has 2 aliphatic rings. The Hall–Kier alpha value is -3.42. The van der Waals surface area contributed by atoms with Crippen molar-refractivity contribution in [2.24, 2.45) is 0 Å². The number of nitrogens with one attached hydrogen (secondary N) is 2. The van der Waals surface area contributed by atoms with E-state index in [0.717, 1.165) is 60.8 Å². The van der Waals surface area contributed by atoms with Crippen molar-refractivity contribution < 1.29 is 4.79 Å². The first-order valence-electron chi connectivity index (χ1n) is 11.9. The molecule has 0 saturated carbocycles. The van der Waals surface area contributed by atoms with Crippen LogP contribution < -0.4 is 10.2 Å². The Morgan fingerprint density at radius 2 is 1.88 bits per heavy atom. The van der Waals surface area contributed by atoms with E-state index < -0.39 is 0 Å². The van der Waals surface area contributed by atoms with E-state index in [1.54, 1.807) is 0 Å². The highest BCUT2D eigenvalue weighted by Crippen LogP contribution is 2.32. The Bertz CT molecular complexity index is 1190. The molecule has 172 valence electrons. The van der Waals surface area contributed by atoms with Crippen LogP contribution in [0.3, 0.4) is 0 Å². The molecule has 8 heteroatoms. The molecule has 0 aliphatic carbocycles. The number of piperidine rings is 1. The van der Waals surface area contributed by atoms with Crippen molar-refractivity contribution in [3.05, 3.63) is 53.3 Å². The Kier molecular flexibility index (Phi) is 5.74. The lowest BCUT2D eigenvalue weighted by Gasteiger charge is -2.35. The summed E-state index contributed by atoms with van der Waals surface area (Å²) in [5.41, 5.74) is 4.19. The van der Waals surface area contributed by atoms with Gasteiger partial charge in [-0.15, -0.1) is 0 Å². The van der Waals surface area contributed by atoms with Gasteiger partial charge in [-0.25, -0.2) is 9.50 Å².